The average Bonchev–Trinajstić information content (AvgIpc) is 2.33. The lowest BCUT2D eigenvalue weighted by Gasteiger charge is -2.20. The summed E-state index contributed by atoms with van der Waals surface area (Å²) in [7, 11) is 1.86. The molecule has 0 aliphatic carbocycles. The molecule has 0 unspecified atom stereocenters. The molecule has 2 aromatic rings. The van der Waals surface area contributed by atoms with Crippen LogP contribution in [0.15, 0.2) is 46.9 Å². The molecule has 0 saturated heterocycles. The Morgan fingerprint density at radius 2 is 1.94 bits per heavy atom. The molecule has 0 spiro atoms. The predicted molar refractivity (Wildman–Crippen MR) is 77.1 cm³/mol. The van der Waals surface area contributed by atoms with E-state index in [0.29, 0.717) is 17.9 Å². The van der Waals surface area contributed by atoms with Gasteiger partial charge in [0.2, 0.25) is 0 Å². The Morgan fingerprint density at radius 1 is 1.22 bits per heavy atom. The van der Waals surface area contributed by atoms with Gasteiger partial charge in [-0.1, -0.05) is 34.1 Å². The van der Waals surface area contributed by atoms with Crippen molar-refractivity contribution >= 4 is 27.3 Å². The van der Waals surface area contributed by atoms with Crippen LogP contribution >= 0.6 is 15.9 Å². The van der Waals surface area contributed by atoms with Crippen LogP contribution in [0.5, 0.6) is 0 Å². The smallest absolute Gasteiger partial charge is 0.146 e. The summed E-state index contributed by atoms with van der Waals surface area (Å²) in [6.07, 6.45) is 0. The number of nitrogen functional groups attached to an aromatic ring is 1. The molecule has 2 N–H and O–H groups in total. The van der Waals surface area contributed by atoms with Crippen molar-refractivity contribution < 1.29 is 4.39 Å². The van der Waals surface area contributed by atoms with Gasteiger partial charge in [0.15, 0.2) is 0 Å². The minimum atomic E-state index is -0.216. The number of para-hydroxylation sites is 1. The summed E-state index contributed by atoms with van der Waals surface area (Å²) < 4.78 is 14.6. The van der Waals surface area contributed by atoms with Crippen molar-refractivity contribution in [1.82, 2.24) is 0 Å². The monoisotopic (exact) mass is 308 g/mol. The summed E-state index contributed by atoms with van der Waals surface area (Å²) in [6, 6.07) is 12.4. The Hall–Kier alpha value is -1.55. The quantitative estimate of drug-likeness (QED) is 0.874. The Bertz CT molecular complexity index is 557. The molecule has 94 valence electrons. The largest absolute Gasteiger partial charge is 0.399 e. The van der Waals surface area contributed by atoms with Crippen molar-refractivity contribution in [2.75, 3.05) is 17.7 Å². The summed E-state index contributed by atoms with van der Waals surface area (Å²) in [4.78, 5) is 1.87. The van der Waals surface area contributed by atoms with Crippen LogP contribution in [0.1, 0.15) is 5.56 Å². The molecule has 4 heteroatoms. The van der Waals surface area contributed by atoms with Gasteiger partial charge >= 0.3 is 0 Å². The van der Waals surface area contributed by atoms with Crippen molar-refractivity contribution in [2.24, 2.45) is 0 Å². The van der Waals surface area contributed by atoms with E-state index in [4.69, 9.17) is 5.73 Å². The van der Waals surface area contributed by atoms with E-state index in [1.807, 2.05) is 36.2 Å². The molecule has 0 aromatic heterocycles. The third-order valence-corrected chi connectivity index (χ3v) is 3.49. The molecule has 0 aliphatic heterocycles. The van der Waals surface area contributed by atoms with Crippen LogP contribution in [0.25, 0.3) is 0 Å². The third-order valence-electron chi connectivity index (χ3n) is 2.75. The van der Waals surface area contributed by atoms with Crippen molar-refractivity contribution in [2.45, 2.75) is 6.54 Å². The van der Waals surface area contributed by atoms with Crippen molar-refractivity contribution in [3.05, 3.63) is 58.3 Å². The lowest BCUT2D eigenvalue weighted by molar-refractivity contribution is 0.622. The van der Waals surface area contributed by atoms with E-state index < -0.39 is 0 Å². The van der Waals surface area contributed by atoms with Gasteiger partial charge in [-0.15, -0.1) is 0 Å². The van der Waals surface area contributed by atoms with Crippen LogP contribution < -0.4 is 10.6 Å². The topological polar surface area (TPSA) is 29.3 Å². The molecule has 2 rings (SSSR count). The van der Waals surface area contributed by atoms with Gasteiger partial charge in [0.25, 0.3) is 0 Å². The highest BCUT2D eigenvalue weighted by Gasteiger charge is 2.09. The summed E-state index contributed by atoms with van der Waals surface area (Å²) in [6.45, 7) is 0.613. The first-order chi connectivity index (χ1) is 8.58. The maximum atomic E-state index is 13.6. The molecule has 0 atom stereocenters. The van der Waals surface area contributed by atoms with E-state index in [9.17, 15) is 4.39 Å². The molecule has 0 radical (unpaired) electrons. The molecule has 0 saturated carbocycles. The summed E-state index contributed by atoms with van der Waals surface area (Å²) in [5.74, 6) is -0.216. The number of halogens is 2. The number of nitrogens with two attached hydrogens (primary N) is 1. The highest BCUT2D eigenvalue weighted by atomic mass is 79.9. The number of nitrogens with zero attached hydrogens (tertiary/aromatic N) is 1. The van der Waals surface area contributed by atoms with Crippen LogP contribution in [-0.4, -0.2) is 7.05 Å². The van der Waals surface area contributed by atoms with E-state index >= 15 is 0 Å². The van der Waals surface area contributed by atoms with Crippen LogP contribution in [0.2, 0.25) is 0 Å². The number of hydrogen-bond donors (Lipinski definition) is 1. The average molecular weight is 309 g/mol. The van der Waals surface area contributed by atoms with Crippen molar-refractivity contribution in [3.63, 3.8) is 0 Å². The van der Waals surface area contributed by atoms with Gasteiger partial charge in [-0.25, -0.2) is 4.39 Å². The van der Waals surface area contributed by atoms with Gasteiger partial charge in [0.1, 0.15) is 5.82 Å². The lowest BCUT2D eigenvalue weighted by Crippen LogP contribution is -2.17. The zero-order chi connectivity index (χ0) is 13.1. The molecule has 0 aliphatic rings. The minimum Gasteiger partial charge on any atom is -0.399 e. The summed E-state index contributed by atoms with van der Waals surface area (Å²) in [5.41, 5.74) is 8.05. The van der Waals surface area contributed by atoms with Crippen LogP contribution in [-0.2, 0) is 6.54 Å². The van der Waals surface area contributed by atoms with Crippen molar-refractivity contribution in [3.8, 4) is 0 Å². The first-order valence-corrected chi connectivity index (χ1v) is 6.37. The van der Waals surface area contributed by atoms with E-state index in [1.165, 1.54) is 6.07 Å². The summed E-state index contributed by atoms with van der Waals surface area (Å²) in [5, 5.41) is 0. The molecule has 0 amide bonds. The fourth-order valence-electron chi connectivity index (χ4n) is 1.79. The number of anilines is 2. The highest BCUT2D eigenvalue weighted by molar-refractivity contribution is 9.10. The number of rotatable bonds is 3. The fraction of sp³-hybridized carbons (Fsp3) is 0.143. The molecule has 0 bridgehead atoms. The second kappa shape index (κ2) is 5.40. The van der Waals surface area contributed by atoms with Crippen LogP contribution in [0.4, 0.5) is 15.8 Å². The first-order valence-electron chi connectivity index (χ1n) is 5.57. The second-order valence-corrected chi connectivity index (χ2v) is 5.01. The summed E-state index contributed by atoms with van der Waals surface area (Å²) >= 11 is 3.47. The van der Waals surface area contributed by atoms with E-state index in [1.54, 1.807) is 12.1 Å². The maximum absolute atomic E-state index is 13.6. The van der Waals surface area contributed by atoms with Gasteiger partial charge < -0.3 is 10.6 Å². The van der Waals surface area contributed by atoms with Gasteiger partial charge in [-0.05, 0) is 29.8 Å². The second-order valence-electron chi connectivity index (χ2n) is 4.16. The molecule has 2 aromatic carbocycles. The Balaban J connectivity index is 2.21. The molecular formula is C14H14BrFN2. The maximum Gasteiger partial charge on any atom is 0.146 e. The highest BCUT2D eigenvalue weighted by Crippen LogP contribution is 2.24. The van der Waals surface area contributed by atoms with Gasteiger partial charge in [-0.3, -0.25) is 0 Å². The van der Waals surface area contributed by atoms with Crippen LogP contribution in [0, 0.1) is 5.82 Å². The van der Waals surface area contributed by atoms with Gasteiger partial charge in [0, 0.05) is 23.8 Å². The SMILES string of the molecule is CN(Cc1ccc(N)cc1Br)c1ccccc1F. The standard InChI is InChI=1S/C14H14BrFN2/c1-18(14-5-3-2-4-13(14)16)9-10-6-7-11(17)8-12(10)15/h2-8H,9,17H2,1H3. The Morgan fingerprint density at radius 3 is 2.61 bits per heavy atom. The molecule has 18 heavy (non-hydrogen) atoms. The van der Waals surface area contributed by atoms with Gasteiger partial charge in [0.05, 0.1) is 5.69 Å². The van der Waals surface area contributed by atoms with E-state index in [2.05, 4.69) is 15.9 Å². The zero-order valence-electron chi connectivity index (χ0n) is 10.0. The Kier molecular flexibility index (Phi) is 3.87. The normalized spacial score (nSPS) is 10.4. The molecule has 2 nitrogen and oxygen atoms in total. The third kappa shape index (κ3) is 2.82. The van der Waals surface area contributed by atoms with E-state index in [-0.39, 0.29) is 5.82 Å². The molecule has 0 heterocycles. The van der Waals surface area contributed by atoms with E-state index in [0.717, 1.165) is 10.0 Å². The van der Waals surface area contributed by atoms with Crippen LogP contribution in [0.3, 0.4) is 0 Å². The van der Waals surface area contributed by atoms with Gasteiger partial charge in [-0.2, -0.15) is 0 Å². The fourth-order valence-corrected chi connectivity index (χ4v) is 2.32. The Labute approximate surface area is 114 Å². The minimum absolute atomic E-state index is 0.216. The van der Waals surface area contributed by atoms with Crippen molar-refractivity contribution in [1.29, 1.82) is 0 Å². The molecular weight excluding hydrogens is 295 g/mol. The molecule has 0 fully saturated rings. The number of hydrogen-bond acceptors (Lipinski definition) is 2. The number of benzene rings is 2. The lowest BCUT2D eigenvalue weighted by atomic mass is 10.2. The predicted octanol–water partition coefficient (Wildman–Crippen LogP) is 3.81. The zero-order valence-corrected chi connectivity index (χ0v) is 11.6. The first kappa shape index (κ1) is 12.9.